The van der Waals surface area contributed by atoms with Gasteiger partial charge >= 0.3 is 6.18 Å². The number of nitrogens with one attached hydrogen (secondary N) is 1. The molecule has 3 rings (SSSR count). The van der Waals surface area contributed by atoms with Crippen LogP contribution in [0.25, 0.3) is 5.69 Å². The summed E-state index contributed by atoms with van der Waals surface area (Å²) in [4.78, 5) is 12.5. The van der Waals surface area contributed by atoms with Gasteiger partial charge in [-0.2, -0.15) is 18.3 Å². The zero-order chi connectivity index (χ0) is 23.5. The number of aryl methyl sites for hydroxylation is 1. The molecule has 170 valence electrons. The van der Waals surface area contributed by atoms with Gasteiger partial charge in [-0.25, -0.2) is 9.07 Å². The molecule has 0 aliphatic carbocycles. The number of benzene rings is 2. The number of carbonyl (C=O) groups is 1. The van der Waals surface area contributed by atoms with Crippen LogP contribution in [0.3, 0.4) is 0 Å². The van der Waals surface area contributed by atoms with E-state index < -0.39 is 29.6 Å². The topological polar surface area (TPSA) is 76.4 Å². The molecular weight excluding hydrogens is 454 g/mol. The number of hydrogen-bond donors (Lipinski definition) is 2. The van der Waals surface area contributed by atoms with Gasteiger partial charge in [-0.05, 0) is 55.5 Å². The maximum atomic E-state index is 13.1. The van der Waals surface area contributed by atoms with Crippen molar-refractivity contribution >= 4 is 17.5 Å². The zero-order valence-electron chi connectivity index (χ0n) is 16.7. The minimum atomic E-state index is -4.45. The molecule has 1 aromatic heterocycles. The number of carbonyl (C=O) groups excluding carboxylic acids is 1. The van der Waals surface area contributed by atoms with E-state index in [1.54, 1.807) is 6.92 Å². The smallest absolute Gasteiger partial charge is 0.416 e. The van der Waals surface area contributed by atoms with Gasteiger partial charge in [0.25, 0.3) is 5.91 Å². The maximum absolute atomic E-state index is 13.1. The van der Waals surface area contributed by atoms with Gasteiger partial charge in [-0.15, -0.1) is 0 Å². The van der Waals surface area contributed by atoms with Crippen LogP contribution in [0.2, 0.25) is 5.15 Å². The van der Waals surface area contributed by atoms with Crippen molar-refractivity contribution in [3.63, 3.8) is 0 Å². The Morgan fingerprint density at radius 1 is 1.19 bits per heavy atom. The van der Waals surface area contributed by atoms with E-state index in [1.165, 1.54) is 28.9 Å². The molecule has 0 spiro atoms. The molecule has 0 unspecified atom stereocenters. The summed E-state index contributed by atoms with van der Waals surface area (Å²) in [7, 11) is 0. The van der Waals surface area contributed by atoms with Crippen LogP contribution in [0.1, 0.15) is 21.6 Å². The largest absolute Gasteiger partial charge is 0.491 e. The number of hydrogen-bond acceptors (Lipinski definition) is 4. The first-order valence-electron chi connectivity index (χ1n) is 9.33. The summed E-state index contributed by atoms with van der Waals surface area (Å²) in [5.74, 6) is -0.878. The van der Waals surface area contributed by atoms with Crippen molar-refractivity contribution < 1.29 is 32.2 Å². The standard InChI is InChI=1S/C21H18ClF4N3O3/c1-12-18(19(22)29(28-12)15-6-4-14(23)5-7-15)20(31)27-10-16(30)11-32-17-8-2-13(3-9-17)21(24,25)26/h2-9,16,30H,10-11H2,1H3,(H,27,31)/t16-/m0/s1. The van der Waals surface area contributed by atoms with E-state index in [-0.39, 0.29) is 29.6 Å². The number of ether oxygens (including phenoxy) is 1. The van der Waals surface area contributed by atoms with Crippen molar-refractivity contribution in [1.82, 2.24) is 15.1 Å². The average molecular weight is 472 g/mol. The number of nitrogens with zero attached hydrogens (tertiary/aromatic N) is 2. The number of aliphatic hydroxyl groups is 1. The second-order valence-electron chi connectivity index (χ2n) is 6.84. The van der Waals surface area contributed by atoms with Gasteiger partial charge in [0.15, 0.2) is 0 Å². The highest BCUT2D eigenvalue weighted by Gasteiger charge is 2.30. The molecule has 0 saturated carbocycles. The van der Waals surface area contributed by atoms with E-state index in [0.29, 0.717) is 11.4 Å². The Morgan fingerprint density at radius 2 is 1.81 bits per heavy atom. The SMILES string of the molecule is Cc1nn(-c2ccc(F)cc2)c(Cl)c1C(=O)NC[C@H](O)COc1ccc(C(F)(F)F)cc1. The highest BCUT2D eigenvalue weighted by atomic mass is 35.5. The summed E-state index contributed by atoms with van der Waals surface area (Å²) in [6.07, 6.45) is -5.58. The highest BCUT2D eigenvalue weighted by molar-refractivity contribution is 6.33. The third-order valence-electron chi connectivity index (χ3n) is 4.42. The van der Waals surface area contributed by atoms with Gasteiger partial charge in [-0.3, -0.25) is 4.79 Å². The molecule has 6 nitrogen and oxygen atoms in total. The van der Waals surface area contributed by atoms with Gasteiger partial charge < -0.3 is 15.2 Å². The first kappa shape index (κ1) is 23.6. The average Bonchev–Trinajstić information content (AvgIpc) is 3.04. The molecule has 2 N–H and O–H groups in total. The van der Waals surface area contributed by atoms with Crippen LogP contribution in [0.5, 0.6) is 5.75 Å². The lowest BCUT2D eigenvalue weighted by Crippen LogP contribution is -2.35. The van der Waals surface area contributed by atoms with E-state index >= 15 is 0 Å². The van der Waals surface area contributed by atoms with Crippen molar-refractivity contribution in [2.45, 2.75) is 19.2 Å². The number of amides is 1. The zero-order valence-corrected chi connectivity index (χ0v) is 17.4. The van der Waals surface area contributed by atoms with E-state index in [2.05, 4.69) is 10.4 Å². The van der Waals surface area contributed by atoms with Crippen molar-refractivity contribution in [3.8, 4) is 11.4 Å². The predicted octanol–water partition coefficient (Wildman–Crippen LogP) is 4.16. The molecule has 0 aliphatic heterocycles. The van der Waals surface area contributed by atoms with Crippen LogP contribution in [0.15, 0.2) is 48.5 Å². The Labute approximate surface area is 185 Å². The Morgan fingerprint density at radius 3 is 2.41 bits per heavy atom. The van der Waals surface area contributed by atoms with Gasteiger partial charge in [0.2, 0.25) is 0 Å². The highest BCUT2D eigenvalue weighted by Crippen LogP contribution is 2.30. The van der Waals surface area contributed by atoms with E-state index in [4.69, 9.17) is 16.3 Å². The van der Waals surface area contributed by atoms with Crippen LogP contribution < -0.4 is 10.1 Å². The van der Waals surface area contributed by atoms with Crippen LogP contribution in [-0.2, 0) is 6.18 Å². The molecule has 2 aromatic carbocycles. The lowest BCUT2D eigenvalue weighted by atomic mass is 10.2. The summed E-state index contributed by atoms with van der Waals surface area (Å²) >= 11 is 6.28. The fraction of sp³-hybridized carbons (Fsp3) is 0.238. The van der Waals surface area contributed by atoms with Gasteiger partial charge in [0.1, 0.15) is 29.4 Å². The van der Waals surface area contributed by atoms with Gasteiger partial charge in [-0.1, -0.05) is 11.6 Å². The minimum absolute atomic E-state index is 0.0158. The van der Waals surface area contributed by atoms with Crippen LogP contribution in [-0.4, -0.2) is 40.0 Å². The molecule has 11 heteroatoms. The lowest BCUT2D eigenvalue weighted by Gasteiger charge is -2.14. The normalized spacial score (nSPS) is 12.5. The molecule has 1 atom stereocenters. The second-order valence-corrected chi connectivity index (χ2v) is 7.19. The summed E-state index contributed by atoms with van der Waals surface area (Å²) in [5, 5.41) is 16.7. The predicted molar refractivity (Wildman–Crippen MR) is 109 cm³/mol. The monoisotopic (exact) mass is 471 g/mol. The fourth-order valence-electron chi connectivity index (χ4n) is 2.80. The molecule has 1 amide bonds. The first-order valence-corrected chi connectivity index (χ1v) is 9.71. The van der Waals surface area contributed by atoms with Gasteiger partial charge in [0.05, 0.1) is 22.5 Å². The molecule has 32 heavy (non-hydrogen) atoms. The number of rotatable bonds is 7. The third-order valence-corrected chi connectivity index (χ3v) is 4.77. The number of aliphatic hydroxyl groups excluding tert-OH is 1. The lowest BCUT2D eigenvalue weighted by molar-refractivity contribution is -0.137. The Hall–Kier alpha value is -3.11. The van der Waals surface area contributed by atoms with E-state index in [9.17, 15) is 27.5 Å². The Bertz CT molecular complexity index is 1080. The number of aromatic nitrogens is 2. The van der Waals surface area contributed by atoms with Gasteiger partial charge in [0, 0.05) is 6.54 Å². The van der Waals surface area contributed by atoms with Crippen molar-refractivity contribution in [1.29, 1.82) is 0 Å². The second kappa shape index (κ2) is 9.58. The summed E-state index contributed by atoms with van der Waals surface area (Å²) in [5.41, 5.74) is 0.0637. The fourth-order valence-corrected chi connectivity index (χ4v) is 3.16. The van der Waals surface area contributed by atoms with Crippen molar-refractivity contribution in [2.24, 2.45) is 0 Å². The van der Waals surface area contributed by atoms with Crippen LogP contribution in [0.4, 0.5) is 17.6 Å². The number of alkyl halides is 3. The maximum Gasteiger partial charge on any atom is 0.416 e. The molecule has 0 saturated heterocycles. The molecule has 3 aromatic rings. The molecular formula is C21H18ClF4N3O3. The summed E-state index contributed by atoms with van der Waals surface area (Å²) in [6, 6.07) is 9.39. The molecule has 1 heterocycles. The molecule has 0 aliphatic rings. The van der Waals surface area contributed by atoms with Crippen molar-refractivity contribution in [3.05, 3.63) is 76.3 Å². The molecule has 0 radical (unpaired) electrons. The van der Waals surface area contributed by atoms with Crippen molar-refractivity contribution in [2.75, 3.05) is 13.2 Å². The molecule has 0 bridgehead atoms. The summed E-state index contributed by atoms with van der Waals surface area (Å²) in [6.45, 7) is 1.12. The van der Waals surface area contributed by atoms with Crippen LogP contribution in [0, 0.1) is 12.7 Å². The first-order chi connectivity index (χ1) is 15.1. The van der Waals surface area contributed by atoms with E-state index in [1.807, 2.05) is 0 Å². The number of halogens is 5. The third kappa shape index (κ3) is 5.57. The minimum Gasteiger partial charge on any atom is -0.491 e. The Balaban J connectivity index is 1.57. The van der Waals surface area contributed by atoms with E-state index in [0.717, 1.165) is 24.3 Å². The summed E-state index contributed by atoms with van der Waals surface area (Å²) < 4.78 is 57.4. The van der Waals surface area contributed by atoms with Crippen LogP contribution >= 0.6 is 11.6 Å². The molecule has 0 fully saturated rings. The quantitative estimate of drug-likeness (QED) is 0.507. The Kier molecular flexibility index (Phi) is 7.05.